The van der Waals surface area contributed by atoms with Crippen molar-refractivity contribution in [2.24, 2.45) is 0 Å². The Morgan fingerprint density at radius 1 is 1.50 bits per heavy atom. The summed E-state index contributed by atoms with van der Waals surface area (Å²) < 4.78 is 0.738. The SMILES string of the molecule is Nc1cc(Cl)c2c([N+](=O)[O-])csc2c1. The number of hydrogen-bond acceptors (Lipinski definition) is 4. The van der Waals surface area contributed by atoms with Crippen LogP contribution < -0.4 is 5.73 Å². The van der Waals surface area contributed by atoms with Gasteiger partial charge >= 0.3 is 0 Å². The van der Waals surface area contributed by atoms with Gasteiger partial charge in [-0.3, -0.25) is 10.1 Å². The second kappa shape index (κ2) is 3.11. The van der Waals surface area contributed by atoms with Crippen LogP contribution in [0.25, 0.3) is 10.1 Å². The lowest BCUT2D eigenvalue weighted by atomic mass is 10.2. The zero-order valence-corrected chi connectivity index (χ0v) is 8.43. The summed E-state index contributed by atoms with van der Waals surface area (Å²) >= 11 is 7.14. The minimum absolute atomic E-state index is 0.0370. The van der Waals surface area contributed by atoms with Gasteiger partial charge in [-0.05, 0) is 12.1 Å². The van der Waals surface area contributed by atoms with E-state index in [1.165, 1.54) is 22.8 Å². The van der Waals surface area contributed by atoms with Crippen LogP contribution in [0.4, 0.5) is 11.4 Å². The Balaban J connectivity index is 2.85. The Morgan fingerprint density at radius 2 is 2.21 bits per heavy atom. The highest BCUT2D eigenvalue weighted by atomic mass is 35.5. The molecule has 2 N–H and O–H groups in total. The molecular weight excluding hydrogens is 224 g/mol. The fraction of sp³-hybridized carbons (Fsp3) is 0. The topological polar surface area (TPSA) is 69.2 Å². The maximum atomic E-state index is 10.6. The molecule has 0 atom stereocenters. The molecule has 0 spiro atoms. The number of nitro groups is 1. The quantitative estimate of drug-likeness (QED) is 0.463. The number of anilines is 1. The zero-order chi connectivity index (χ0) is 10.3. The van der Waals surface area contributed by atoms with Crippen molar-refractivity contribution in [1.82, 2.24) is 0 Å². The molecule has 4 nitrogen and oxygen atoms in total. The molecule has 6 heteroatoms. The van der Waals surface area contributed by atoms with Gasteiger partial charge in [0.15, 0.2) is 0 Å². The highest BCUT2D eigenvalue weighted by Crippen LogP contribution is 2.38. The van der Waals surface area contributed by atoms with Crippen LogP contribution in [0.3, 0.4) is 0 Å². The Morgan fingerprint density at radius 3 is 2.86 bits per heavy atom. The molecule has 0 amide bonds. The maximum Gasteiger partial charge on any atom is 0.289 e. The Hall–Kier alpha value is -1.33. The van der Waals surface area contributed by atoms with Crippen LogP contribution in [0.1, 0.15) is 0 Å². The summed E-state index contributed by atoms with van der Waals surface area (Å²) in [5, 5.41) is 12.9. The van der Waals surface area contributed by atoms with Gasteiger partial charge < -0.3 is 5.73 Å². The number of nitrogens with two attached hydrogens (primary N) is 1. The van der Waals surface area contributed by atoms with Crippen molar-refractivity contribution in [2.45, 2.75) is 0 Å². The van der Waals surface area contributed by atoms with Crippen LogP contribution in [-0.4, -0.2) is 4.92 Å². The molecule has 0 radical (unpaired) electrons. The summed E-state index contributed by atoms with van der Waals surface area (Å²) in [5.74, 6) is 0. The molecular formula is C8H5ClN2O2S. The Bertz CT molecular complexity index is 523. The highest BCUT2D eigenvalue weighted by Gasteiger charge is 2.17. The number of nitrogens with zero attached hydrogens (tertiary/aromatic N) is 1. The minimum atomic E-state index is -0.444. The van der Waals surface area contributed by atoms with E-state index in [4.69, 9.17) is 17.3 Å². The molecule has 14 heavy (non-hydrogen) atoms. The number of halogens is 1. The van der Waals surface area contributed by atoms with Gasteiger partial charge in [-0.25, -0.2) is 0 Å². The van der Waals surface area contributed by atoms with Crippen LogP contribution in [0, 0.1) is 10.1 Å². The lowest BCUT2D eigenvalue weighted by molar-refractivity contribution is -0.382. The van der Waals surface area contributed by atoms with Crippen molar-refractivity contribution in [1.29, 1.82) is 0 Å². The molecule has 0 aliphatic carbocycles. The van der Waals surface area contributed by atoms with Gasteiger partial charge in [0, 0.05) is 10.4 Å². The van der Waals surface area contributed by atoms with Gasteiger partial charge in [-0.2, -0.15) is 0 Å². The molecule has 2 rings (SSSR count). The molecule has 2 aromatic rings. The van der Waals surface area contributed by atoms with Crippen LogP contribution >= 0.6 is 22.9 Å². The van der Waals surface area contributed by atoms with Gasteiger partial charge in [0.2, 0.25) is 0 Å². The maximum absolute atomic E-state index is 10.6. The molecule has 0 fully saturated rings. The lowest BCUT2D eigenvalue weighted by Gasteiger charge is -1.96. The van der Waals surface area contributed by atoms with Gasteiger partial charge in [0.1, 0.15) is 0 Å². The number of benzene rings is 1. The number of rotatable bonds is 1. The first-order valence-electron chi connectivity index (χ1n) is 3.70. The average molecular weight is 229 g/mol. The van der Waals surface area contributed by atoms with E-state index in [2.05, 4.69) is 0 Å². The van der Waals surface area contributed by atoms with E-state index >= 15 is 0 Å². The summed E-state index contributed by atoms with van der Waals surface area (Å²) in [7, 11) is 0. The average Bonchev–Trinajstić information content (AvgIpc) is 2.47. The fourth-order valence-electron chi connectivity index (χ4n) is 1.26. The van der Waals surface area contributed by atoms with E-state index < -0.39 is 4.92 Å². The van der Waals surface area contributed by atoms with E-state index in [0.29, 0.717) is 16.1 Å². The van der Waals surface area contributed by atoms with Crippen LogP contribution in [0.5, 0.6) is 0 Å². The van der Waals surface area contributed by atoms with E-state index in [1.54, 1.807) is 6.07 Å². The molecule has 0 saturated carbocycles. The smallest absolute Gasteiger partial charge is 0.289 e. The first kappa shape index (κ1) is 9.23. The van der Waals surface area contributed by atoms with Crippen LogP contribution in [-0.2, 0) is 0 Å². The predicted molar refractivity (Wildman–Crippen MR) is 57.9 cm³/mol. The summed E-state index contributed by atoms with van der Waals surface area (Å²) in [6.07, 6.45) is 0. The standard InChI is InChI=1S/C8H5ClN2O2S/c9-5-1-4(10)2-7-8(5)6(3-14-7)11(12)13/h1-3H,10H2. The summed E-state index contributed by atoms with van der Waals surface area (Å²) in [4.78, 5) is 10.2. The largest absolute Gasteiger partial charge is 0.399 e. The first-order chi connectivity index (χ1) is 6.59. The molecule has 1 aromatic carbocycles. The van der Waals surface area contributed by atoms with Gasteiger partial charge in [-0.15, -0.1) is 11.3 Å². The summed E-state index contributed by atoms with van der Waals surface area (Å²) in [6.45, 7) is 0. The molecule has 1 heterocycles. The number of thiophene rings is 1. The predicted octanol–water partition coefficient (Wildman–Crippen LogP) is 3.05. The van der Waals surface area contributed by atoms with Crippen LogP contribution in [0.2, 0.25) is 5.02 Å². The number of hydrogen-bond donors (Lipinski definition) is 1. The van der Waals surface area contributed by atoms with Crippen molar-refractivity contribution < 1.29 is 4.92 Å². The van der Waals surface area contributed by atoms with Crippen molar-refractivity contribution in [3.63, 3.8) is 0 Å². The molecule has 0 saturated heterocycles. The molecule has 0 unspecified atom stereocenters. The van der Waals surface area contributed by atoms with E-state index in [-0.39, 0.29) is 5.69 Å². The third-order valence-corrected chi connectivity index (χ3v) is 3.04. The van der Waals surface area contributed by atoms with Gasteiger partial charge in [0.25, 0.3) is 5.69 Å². The normalized spacial score (nSPS) is 10.6. The third kappa shape index (κ3) is 1.30. The highest BCUT2D eigenvalue weighted by molar-refractivity contribution is 7.17. The van der Waals surface area contributed by atoms with E-state index in [1.807, 2.05) is 0 Å². The van der Waals surface area contributed by atoms with Gasteiger partial charge in [0.05, 0.1) is 20.7 Å². The number of nitrogen functional groups attached to an aromatic ring is 1. The zero-order valence-electron chi connectivity index (χ0n) is 6.86. The summed E-state index contributed by atoms with van der Waals surface area (Å²) in [5.41, 5.74) is 6.11. The summed E-state index contributed by atoms with van der Waals surface area (Å²) in [6, 6.07) is 3.20. The number of fused-ring (bicyclic) bond motifs is 1. The fourth-order valence-corrected chi connectivity index (χ4v) is 2.62. The molecule has 1 aromatic heterocycles. The molecule has 72 valence electrons. The van der Waals surface area contributed by atoms with E-state index in [0.717, 1.165) is 4.70 Å². The Labute approximate surface area is 88.0 Å². The van der Waals surface area contributed by atoms with Crippen molar-refractivity contribution in [3.8, 4) is 0 Å². The molecule has 0 aliphatic heterocycles. The molecule has 0 aliphatic rings. The van der Waals surface area contributed by atoms with Crippen molar-refractivity contribution >= 4 is 44.4 Å². The first-order valence-corrected chi connectivity index (χ1v) is 4.96. The van der Waals surface area contributed by atoms with Gasteiger partial charge in [-0.1, -0.05) is 11.6 Å². The van der Waals surface area contributed by atoms with Crippen LogP contribution in [0.15, 0.2) is 17.5 Å². The molecule has 0 bridgehead atoms. The van der Waals surface area contributed by atoms with E-state index in [9.17, 15) is 10.1 Å². The minimum Gasteiger partial charge on any atom is -0.399 e. The second-order valence-corrected chi connectivity index (χ2v) is 4.07. The Kier molecular flexibility index (Phi) is 2.05. The second-order valence-electron chi connectivity index (χ2n) is 2.75. The monoisotopic (exact) mass is 228 g/mol. The van der Waals surface area contributed by atoms with Crippen molar-refractivity contribution in [2.75, 3.05) is 5.73 Å². The lowest BCUT2D eigenvalue weighted by Crippen LogP contribution is -1.87. The third-order valence-electron chi connectivity index (χ3n) is 1.83. The van der Waals surface area contributed by atoms with Crippen molar-refractivity contribution in [3.05, 3.63) is 32.6 Å².